The third-order valence-electron chi connectivity index (χ3n) is 3.29. The molecule has 0 aromatic heterocycles. The highest BCUT2D eigenvalue weighted by Gasteiger charge is 2.28. The Morgan fingerprint density at radius 3 is 2.47 bits per heavy atom. The maximum atomic E-state index is 12.3. The molecule has 1 amide bonds. The van der Waals surface area contributed by atoms with Gasteiger partial charge in [0.15, 0.2) is 0 Å². The predicted octanol–water partition coefficient (Wildman–Crippen LogP) is 3.04. The summed E-state index contributed by atoms with van der Waals surface area (Å²) >= 11 is 9.16. The third kappa shape index (κ3) is 3.28. The second kappa shape index (κ2) is 5.92. The first kappa shape index (κ1) is 14.3. The summed E-state index contributed by atoms with van der Waals surface area (Å²) in [5.41, 5.74) is 0.554. The number of likely N-dealkylation sites (tertiary alicyclic amines) is 1. The Bertz CT molecular complexity index is 513. The number of benzene rings is 1. The molecule has 1 N–H and O–H groups in total. The van der Waals surface area contributed by atoms with E-state index in [1.165, 1.54) is 0 Å². The number of carboxylic acid groups (broad SMARTS) is 1. The van der Waals surface area contributed by atoms with Gasteiger partial charge < -0.3 is 10.0 Å². The van der Waals surface area contributed by atoms with Gasteiger partial charge in [-0.15, -0.1) is 0 Å². The number of amides is 1. The van der Waals surface area contributed by atoms with E-state index in [1.54, 1.807) is 23.1 Å². The SMILES string of the molecule is O=C(O)C1CCN(C(=O)c2ccc(Cl)cc2Br)CC1. The Hall–Kier alpha value is -1.07. The van der Waals surface area contributed by atoms with Crippen LogP contribution >= 0.6 is 27.5 Å². The van der Waals surface area contributed by atoms with Crippen LogP contribution in [0.5, 0.6) is 0 Å². The molecular weight excluding hydrogens is 334 g/mol. The molecule has 0 atom stereocenters. The van der Waals surface area contributed by atoms with Crippen LogP contribution in [-0.2, 0) is 4.79 Å². The highest BCUT2D eigenvalue weighted by molar-refractivity contribution is 9.10. The lowest BCUT2D eigenvalue weighted by molar-refractivity contribution is -0.143. The molecule has 0 aliphatic carbocycles. The van der Waals surface area contributed by atoms with Crippen molar-refractivity contribution in [1.29, 1.82) is 0 Å². The summed E-state index contributed by atoms with van der Waals surface area (Å²) in [6, 6.07) is 5.03. The molecular formula is C13H13BrClNO3. The highest BCUT2D eigenvalue weighted by Crippen LogP contribution is 2.25. The molecule has 0 radical (unpaired) electrons. The van der Waals surface area contributed by atoms with Gasteiger partial charge in [-0.05, 0) is 47.0 Å². The van der Waals surface area contributed by atoms with E-state index in [2.05, 4.69) is 15.9 Å². The van der Waals surface area contributed by atoms with Crippen molar-refractivity contribution in [3.8, 4) is 0 Å². The van der Waals surface area contributed by atoms with Crippen molar-refractivity contribution in [2.75, 3.05) is 13.1 Å². The lowest BCUT2D eigenvalue weighted by Gasteiger charge is -2.30. The minimum absolute atomic E-state index is 0.0904. The van der Waals surface area contributed by atoms with Gasteiger partial charge in [0.2, 0.25) is 0 Å². The number of hydrogen-bond acceptors (Lipinski definition) is 2. The maximum absolute atomic E-state index is 12.3. The molecule has 102 valence electrons. The second-order valence-electron chi connectivity index (χ2n) is 4.53. The Kier molecular flexibility index (Phi) is 4.47. The van der Waals surface area contributed by atoms with Crippen molar-refractivity contribution < 1.29 is 14.7 Å². The van der Waals surface area contributed by atoms with Gasteiger partial charge in [-0.1, -0.05) is 11.6 Å². The van der Waals surface area contributed by atoms with E-state index in [0.29, 0.717) is 41.0 Å². The minimum Gasteiger partial charge on any atom is -0.481 e. The van der Waals surface area contributed by atoms with Gasteiger partial charge in [0, 0.05) is 22.6 Å². The molecule has 6 heteroatoms. The van der Waals surface area contributed by atoms with E-state index in [9.17, 15) is 9.59 Å². The quantitative estimate of drug-likeness (QED) is 0.895. The fraction of sp³-hybridized carbons (Fsp3) is 0.385. The molecule has 1 fully saturated rings. The van der Waals surface area contributed by atoms with Gasteiger partial charge in [-0.25, -0.2) is 0 Å². The lowest BCUT2D eigenvalue weighted by Crippen LogP contribution is -2.40. The van der Waals surface area contributed by atoms with E-state index in [4.69, 9.17) is 16.7 Å². The number of rotatable bonds is 2. The Labute approximate surface area is 124 Å². The zero-order chi connectivity index (χ0) is 14.0. The fourth-order valence-electron chi connectivity index (χ4n) is 2.16. The summed E-state index contributed by atoms with van der Waals surface area (Å²) < 4.78 is 0.658. The lowest BCUT2D eigenvalue weighted by atomic mass is 9.96. The number of piperidine rings is 1. The van der Waals surface area contributed by atoms with Crippen LogP contribution in [0.1, 0.15) is 23.2 Å². The van der Waals surface area contributed by atoms with Gasteiger partial charge in [0.05, 0.1) is 11.5 Å². The van der Waals surface area contributed by atoms with E-state index in [0.717, 1.165) is 0 Å². The highest BCUT2D eigenvalue weighted by atomic mass is 79.9. The first-order valence-electron chi connectivity index (χ1n) is 5.96. The summed E-state index contributed by atoms with van der Waals surface area (Å²) in [7, 11) is 0. The van der Waals surface area contributed by atoms with Crippen LogP contribution in [0.25, 0.3) is 0 Å². The van der Waals surface area contributed by atoms with Crippen molar-refractivity contribution in [2.24, 2.45) is 5.92 Å². The summed E-state index contributed by atoms with van der Waals surface area (Å²) in [6.07, 6.45) is 1.01. The standard InChI is InChI=1S/C13H13BrClNO3/c14-11-7-9(15)1-2-10(11)12(17)16-5-3-8(4-6-16)13(18)19/h1-2,7-8H,3-6H2,(H,18,19). The summed E-state index contributed by atoms with van der Waals surface area (Å²) in [5.74, 6) is -1.20. The second-order valence-corrected chi connectivity index (χ2v) is 5.82. The van der Waals surface area contributed by atoms with Crippen LogP contribution in [0.2, 0.25) is 5.02 Å². The Morgan fingerprint density at radius 1 is 1.32 bits per heavy atom. The first-order chi connectivity index (χ1) is 8.99. The monoisotopic (exact) mass is 345 g/mol. The van der Waals surface area contributed by atoms with Gasteiger partial charge in [-0.2, -0.15) is 0 Å². The van der Waals surface area contributed by atoms with Gasteiger partial charge in [-0.3, -0.25) is 9.59 Å². The molecule has 2 rings (SSSR count). The molecule has 1 aromatic carbocycles. The number of carbonyl (C=O) groups is 2. The summed E-state index contributed by atoms with van der Waals surface area (Å²) in [4.78, 5) is 24.9. The topological polar surface area (TPSA) is 57.6 Å². The average molecular weight is 347 g/mol. The minimum atomic E-state index is -0.778. The largest absolute Gasteiger partial charge is 0.481 e. The molecule has 1 aliphatic heterocycles. The van der Waals surface area contributed by atoms with Gasteiger partial charge >= 0.3 is 5.97 Å². The molecule has 0 unspecified atom stereocenters. The van der Waals surface area contributed by atoms with Crippen LogP contribution in [-0.4, -0.2) is 35.0 Å². The van der Waals surface area contributed by atoms with Crippen LogP contribution < -0.4 is 0 Å². The number of aliphatic carboxylic acids is 1. The van der Waals surface area contributed by atoms with Crippen LogP contribution in [0.4, 0.5) is 0 Å². The van der Waals surface area contributed by atoms with Gasteiger partial charge in [0.1, 0.15) is 0 Å². The zero-order valence-electron chi connectivity index (χ0n) is 10.1. The van der Waals surface area contributed by atoms with Crippen LogP contribution in [0, 0.1) is 5.92 Å². The molecule has 4 nitrogen and oxygen atoms in total. The number of carbonyl (C=O) groups excluding carboxylic acids is 1. The van der Waals surface area contributed by atoms with Crippen molar-refractivity contribution in [3.05, 3.63) is 33.3 Å². The van der Waals surface area contributed by atoms with E-state index in [1.807, 2.05) is 0 Å². The first-order valence-corrected chi connectivity index (χ1v) is 7.13. The fourth-order valence-corrected chi connectivity index (χ4v) is 3.02. The Balaban J connectivity index is 2.07. The van der Waals surface area contributed by atoms with E-state index in [-0.39, 0.29) is 11.8 Å². The third-order valence-corrected chi connectivity index (χ3v) is 4.18. The molecule has 0 saturated carbocycles. The van der Waals surface area contributed by atoms with Crippen molar-refractivity contribution in [2.45, 2.75) is 12.8 Å². The summed E-state index contributed by atoms with van der Waals surface area (Å²) in [6.45, 7) is 0.954. The number of halogens is 2. The molecule has 1 saturated heterocycles. The normalized spacial score (nSPS) is 16.4. The molecule has 0 bridgehead atoms. The van der Waals surface area contributed by atoms with Crippen LogP contribution in [0.15, 0.2) is 22.7 Å². The average Bonchev–Trinajstić information content (AvgIpc) is 2.38. The van der Waals surface area contributed by atoms with E-state index >= 15 is 0 Å². The van der Waals surface area contributed by atoms with Crippen molar-refractivity contribution >= 4 is 39.4 Å². The predicted molar refractivity (Wildman–Crippen MR) is 75.4 cm³/mol. The van der Waals surface area contributed by atoms with Crippen LogP contribution in [0.3, 0.4) is 0 Å². The number of nitrogens with zero attached hydrogens (tertiary/aromatic N) is 1. The number of hydrogen-bond donors (Lipinski definition) is 1. The molecule has 0 spiro atoms. The van der Waals surface area contributed by atoms with Crippen molar-refractivity contribution in [3.63, 3.8) is 0 Å². The zero-order valence-corrected chi connectivity index (χ0v) is 12.4. The summed E-state index contributed by atoms with van der Waals surface area (Å²) in [5, 5.41) is 9.49. The maximum Gasteiger partial charge on any atom is 0.306 e. The smallest absolute Gasteiger partial charge is 0.306 e. The molecule has 1 aromatic rings. The van der Waals surface area contributed by atoms with E-state index < -0.39 is 5.97 Å². The van der Waals surface area contributed by atoms with Crippen molar-refractivity contribution in [1.82, 2.24) is 4.90 Å². The Morgan fingerprint density at radius 2 is 1.95 bits per heavy atom. The van der Waals surface area contributed by atoms with Gasteiger partial charge in [0.25, 0.3) is 5.91 Å². The molecule has 19 heavy (non-hydrogen) atoms. The number of carboxylic acids is 1. The molecule has 1 aliphatic rings. The molecule has 1 heterocycles.